The van der Waals surface area contributed by atoms with Gasteiger partial charge < -0.3 is 15.8 Å². The summed E-state index contributed by atoms with van der Waals surface area (Å²) in [5, 5.41) is 2.75. The number of aromatic nitrogens is 3. The fourth-order valence-corrected chi connectivity index (χ4v) is 3.53. The number of ether oxygens (including phenoxy) is 1. The molecule has 7 nitrogen and oxygen atoms in total. The van der Waals surface area contributed by atoms with Crippen molar-refractivity contribution >= 4 is 17.2 Å². The number of carbonyl (C=O) groups excluding carboxylic acids is 1. The summed E-state index contributed by atoms with van der Waals surface area (Å²) in [4.78, 5) is 21.5. The number of imidazole rings is 1. The van der Waals surface area contributed by atoms with Crippen LogP contribution < -0.4 is 15.8 Å². The molecule has 0 aliphatic heterocycles. The number of nitrogen functional groups attached to an aromatic ring is 1. The summed E-state index contributed by atoms with van der Waals surface area (Å²) in [6.07, 6.45) is 3.91. The van der Waals surface area contributed by atoms with Gasteiger partial charge in [-0.2, -0.15) is 0 Å². The van der Waals surface area contributed by atoms with Gasteiger partial charge in [-0.25, -0.2) is 14.4 Å². The molecule has 0 aliphatic carbocycles. The van der Waals surface area contributed by atoms with E-state index in [4.69, 9.17) is 10.5 Å². The Hall–Kier alpha value is -3.16. The van der Waals surface area contributed by atoms with E-state index in [1.54, 1.807) is 18.5 Å². The van der Waals surface area contributed by atoms with Crippen LogP contribution in [0.25, 0.3) is 5.52 Å². The number of amides is 1. The third kappa shape index (κ3) is 3.94. The van der Waals surface area contributed by atoms with Crippen LogP contribution in [0.2, 0.25) is 0 Å². The number of anilines is 1. The predicted octanol–water partition coefficient (Wildman–Crippen LogP) is 3.84. The first-order valence-electron chi connectivity index (χ1n) is 10.1. The van der Waals surface area contributed by atoms with Crippen molar-refractivity contribution in [2.75, 3.05) is 12.3 Å². The molecule has 1 aromatic carbocycles. The summed E-state index contributed by atoms with van der Waals surface area (Å²) in [7, 11) is 0. The molecule has 3 N–H and O–H groups in total. The Balaban J connectivity index is 2.18. The van der Waals surface area contributed by atoms with Crippen LogP contribution in [-0.2, 0) is 0 Å². The van der Waals surface area contributed by atoms with Crippen molar-refractivity contribution in [2.24, 2.45) is 0 Å². The molecule has 0 bridgehead atoms. The largest absolute Gasteiger partial charge is 0.490 e. The van der Waals surface area contributed by atoms with Crippen LogP contribution in [0.1, 0.15) is 67.5 Å². The number of benzene rings is 1. The molecule has 3 rings (SSSR count). The number of fused-ring (bicyclic) bond motifs is 1. The number of rotatable bonds is 7. The van der Waals surface area contributed by atoms with E-state index in [1.165, 1.54) is 6.07 Å². The number of hydrogen-bond acceptors (Lipinski definition) is 5. The third-order valence-electron chi connectivity index (χ3n) is 4.89. The number of aryl methyl sites for hydroxylation is 1. The van der Waals surface area contributed by atoms with Crippen molar-refractivity contribution < 1.29 is 13.9 Å². The molecule has 0 saturated heterocycles. The molecular weight excluding hydrogens is 385 g/mol. The lowest BCUT2D eigenvalue weighted by atomic mass is 9.95. The van der Waals surface area contributed by atoms with Gasteiger partial charge in [-0.1, -0.05) is 19.9 Å². The zero-order valence-electron chi connectivity index (χ0n) is 18.0. The Bertz CT molecular complexity index is 1080. The molecule has 30 heavy (non-hydrogen) atoms. The van der Waals surface area contributed by atoms with E-state index in [0.717, 1.165) is 17.6 Å². The summed E-state index contributed by atoms with van der Waals surface area (Å²) < 4.78 is 22.6. The molecule has 0 spiro atoms. The molecule has 3 aromatic rings. The van der Waals surface area contributed by atoms with Crippen LogP contribution in [0.4, 0.5) is 10.2 Å². The predicted molar refractivity (Wildman–Crippen MR) is 114 cm³/mol. The lowest BCUT2D eigenvalue weighted by Crippen LogP contribution is -2.27. The quantitative estimate of drug-likeness (QED) is 0.614. The van der Waals surface area contributed by atoms with E-state index in [2.05, 4.69) is 15.3 Å². The number of hydrogen-bond donors (Lipinski definition) is 2. The van der Waals surface area contributed by atoms with Crippen molar-refractivity contribution in [3.8, 4) is 5.75 Å². The number of nitrogens with one attached hydrogen (secondary N) is 1. The Morgan fingerprint density at radius 2 is 2.07 bits per heavy atom. The van der Waals surface area contributed by atoms with Crippen LogP contribution >= 0.6 is 0 Å². The lowest BCUT2D eigenvalue weighted by Gasteiger charge is -2.21. The zero-order chi connectivity index (χ0) is 22.0. The van der Waals surface area contributed by atoms with Crippen LogP contribution in [0.3, 0.4) is 0 Å². The fraction of sp³-hybridized carbons (Fsp3) is 0.409. The minimum atomic E-state index is -0.618. The molecule has 0 aliphatic rings. The Labute approximate surface area is 175 Å². The van der Waals surface area contributed by atoms with Gasteiger partial charge in [0.25, 0.3) is 5.91 Å². The maximum Gasteiger partial charge on any atom is 0.258 e. The Morgan fingerprint density at radius 3 is 2.73 bits per heavy atom. The second-order valence-electron chi connectivity index (χ2n) is 7.57. The molecule has 2 heterocycles. The van der Waals surface area contributed by atoms with E-state index in [-0.39, 0.29) is 23.3 Å². The summed E-state index contributed by atoms with van der Waals surface area (Å²) in [6, 6.07) is 2.95. The van der Waals surface area contributed by atoms with E-state index in [1.807, 2.05) is 39.0 Å². The maximum absolute atomic E-state index is 14.7. The monoisotopic (exact) mass is 413 g/mol. The standard InChI is InChI=1S/C22H28FN5O2/c1-6-9-26-22(29)17-16(23)8-7-15(19(17)30-12(2)3)13(4)21-27-14(5)18-20(24)25-10-11-28(18)21/h7-8,10-13H,6,9H2,1-5H3,(H2,24,25)(H,26,29). The highest BCUT2D eigenvalue weighted by Crippen LogP contribution is 2.37. The molecule has 8 heteroatoms. The van der Waals surface area contributed by atoms with Gasteiger partial charge in [-0.05, 0) is 33.3 Å². The Morgan fingerprint density at radius 1 is 1.33 bits per heavy atom. The highest BCUT2D eigenvalue weighted by Gasteiger charge is 2.27. The van der Waals surface area contributed by atoms with E-state index in [0.29, 0.717) is 23.8 Å². The van der Waals surface area contributed by atoms with E-state index >= 15 is 0 Å². The van der Waals surface area contributed by atoms with Crippen molar-refractivity contribution in [3.63, 3.8) is 0 Å². The van der Waals surface area contributed by atoms with Crippen LogP contribution in [0.15, 0.2) is 24.5 Å². The number of halogens is 1. The van der Waals surface area contributed by atoms with Gasteiger partial charge in [-0.15, -0.1) is 0 Å². The fourth-order valence-electron chi connectivity index (χ4n) is 3.53. The van der Waals surface area contributed by atoms with Crippen molar-refractivity contribution in [1.29, 1.82) is 0 Å². The smallest absolute Gasteiger partial charge is 0.258 e. The first-order valence-corrected chi connectivity index (χ1v) is 10.1. The van der Waals surface area contributed by atoms with Gasteiger partial charge in [-0.3, -0.25) is 9.20 Å². The summed E-state index contributed by atoms with van der Waals surface area (Å²) >= 11 is 0. The van der Waals surface area contributed by atoms with Crippen molar-refractivity contribution in [1.82, 2.24) is 19.7 Å². The average Bonchev–Trinajstić information content (AvgIpc) is 3.03. The van der Waals surface area contributed by atoms with Gasteiger partial charge in [0, 0.05) is 30.4 Å². The summed E-state index contributed by atoms with van der Waals surface area (Å²) in [5.41, 5.74) is 8.11. The van der Waals surface area contributed by atoms with Crippen LogP contribution in [-0.4, -0.2) is 32.9 Å². The lowest BCUT2D eigenvalue weighted by molar-refractivity contribution is 0.0943. The van der Waals surface area contributed by atoms with Gasteiger partial charge in [0.15, 0.2) is 0 Å². The first-order chi connectivity index (χ1) is 14.3. The topological polar surface area (TPSA) is 94.5 Å². The Kier molecular flexibility index (Phi) is 6.24. The highest BCUT2D eigenvalue weighted by molar-refractivity contribution is 5.97. The molecule has 1 atom stereocenters. The van der Waals surface area contributed by atoms with Crippen molar-refractivity contribution in [2.45, 2.75) is 53.1 Å². The third-order valence-corrected chi connectivity index (χ3v) is 4.89. The first kappa shape index (κ1) is 21.5. The SMILES string of the molecule is CCCNC(=O)c1c(F)ccc(C(C)c2nc(C)c3c(N)nccn23)c1OC(C)C. The molecule has 1 unspecified atom stereocenters. The molecule has 160 valence electrons. The minimum absolute atomic E-state index is 0.0831. The molecule has 2 aromatic heterocycles. The van der Waals surface area contributed by atoms with Crippen LogP contribution in [0.5, 0.6) is 5.75 Å². The zero-order valence-corrected chi connectivity index (χ0v) is 18.0. The normalized spacial score (nSPS) is 12.4. The average molecular weight is 413 g/mol. The molecule has 0 saturated carbocycles. The van der Waals surface area contributed by atoms with E-state index < -0.39 is 11.7 Å². The van der Waals surface area contributed by atoms with Gasteiger partial charge >= 0.3 is 0 Å². The summed E-state index contributed by atoms with van der Waals surface area (Å²) in [6.45, 7) is 9.88. The number of nitrogens with zero attached hydrogens (tertiary/aromatic N) is 3. The number of nitrogens with two attached hydrogens (primary N) is 1. The van der Waals surface area contributed by atoms with Gasteiger partial charge in [0.1, 0.15) is 34.3 Å². The second kappa shape index (κ2) is 8.69. The molecular formula is C22H28FN5O2. The maximum atomic E-state index is 14.7. The van der Waals surface area contributed by atoms with Crippen LogP contribution in [0, 0.1) is 12.7 Å². The molecule has 1 amide bonds. The highest BCUT2D eigenvalue weighted by atomic mass is 19.1. The molecule has 0 fully saturated rings. The van der Waals surface area contributed by atoms with Gasteiger partial charge in [0.05, 0.1) is 11.8 Å². The minimum Gasteiger partial charge on any atom is -0.490 e. The molecule has 0 radical (unpaired) electrons. The van der Waals surface area contributed by atoms with Crippen molar-refractivity contribution in [3.05, 3.63) is 53.0 Å². The van der Waals surface area contributed by atoms with E-state index in [9.17, 15) is 9.18 Å². The second-order valence-corrected chi connectivity index (χ2v) is 7.57. The summed E-state index contributed by atoms with van der Waals surface area (Å²) in [5.74, 6) is -0.0675. The van der Waals surface area contributed by atoms with Gasteiger partial charge in [0.2, 0.25) is 0 Å². The number of carbonyl (C=O) groups is 1.